The molecule has 0 spiro atoms. The maximum Gasteiger partial charge on any atom is 0.338 e. The van der Waals surface area contributed by atoms with Crippen LogP contribution in [0.1, 0.15) is 34.6 Å². The normalized spacial score (nSPS) is 9.42. The zero-order chi connectivity index (χ0) is 14.4. The van der Waals surface area contributed by atoms with Crippen LogP contribution in [0.4, 0.5) is 0 Å². The molecule has 0 fully saturated rings. The summed E-state index contributed by atoms with van der Waals surface area (Å²) in [5.41, 5.74) is 1.50. The van der Waals surface area contributed by atoms with E-state index in [1.54, 1.807) is 30.3 Å². The van der Waals surface area contributed by atoms with Crippen molar-refractivity contribution in [3.8, 4) is 11.1 Å². The first-order valence-corrected chi connectivity index (χ1v) is 5.98. The van der Waals surface area contributed by atoms with Crippen LogP contribution in [0, 0.1) is 0 Å². The number of carbonyl (C=O) groups is 2. The van der Waals surface area contributed by atoms with Gasteiger partial charge in [0.1, 0.15) is 0 Å². The molecule has 0 bridgehead atoms. The zero-order valence-corrected chi connectivity index (χ0v) is 11.1. The van der Waals surface area contributed by atoms with Crippen LogP contribution in [0.15, 0.2) is 36.4 Å². The van der Waals surface area contributed by atoms with Crippen molar-refractivity contribution in [2.45, 2.75) is 13.8 Å². The largest absolute Gasteiger partial charge is 0.478 e. The van der Waals surface area contributed by atoms with Crippen LogP contribution in [-0.2, 0) is 4.74 Å². The van der Waals surface area contributed by atoms with Crippen LogP contribution in [0.25, 0.3) is 11.1 Å². The monoisotopic (exact) mass is 260 g/mol. The Hall–Kier alpha value is -2.36. The van der Waals surface area contributed by atoms with Gasteiger partial charge in [-0.15, -0.1) is 0 Å². The molecule has 0 radical (unpaired) electrons. The number of carboxylic acids is 1. The highest BCUT2D eigenvalue weighted by molar-refractivity contribution is 6.07. The van der Waals surface area contributed by atoms with Gasteiger partial charge >= 0.3 is 11.9 Å². The second-order valence-corrected chi connectivity index (χ2v) is 3.51. The number of fused-ring (bicyclic) bond motifs is 1. The SMILES string of the molecule is CC.COC(=O)c1cc(C(=O)O)c2cccccc1-2. The van der Waals surface area contributed by atoms with Gasteiger partial charge in [-0.05, 0) is 17.2 Å². The highest BCUT2D eigenvalue weighted by Crippen LogP contribution is 2.32. The molecule has 0 aromatic carbocycles. The second-order valence-electron chi connectivity index (χ2n) is 3.51. The third kappa shape index (κ3) is 2.91. The molecule has 0 saturated carbocycles. The van der Waals surface area contributed by atoms with E-state index in [2.05, 4.69) is 4.74 Å². The lowest BCUT2D eigenvalue weighted by atomic mass is 10.1. The van der Waals surface area contributed by atoms with Gasteiger partial charge < -0.3 is 9.84 Å². The molecular formula is C15H16O4. The summed E-state index contributed by atoms with van der Waals surface area (Å²) >= 11 is 0. The Morgan fingerprint density at radius 3 is 2.00 bits per heavy atom. The molecule has 2 aliphatic rings. The van der Waals surface area contributed by atoms with E-state index < -0.39 is 11.9 Å². The molecule has 19 heavy (non-hydrogen) atoms. The summed E-state index contributed by atoms with van der Waals surface area (Å²) in [7, 11) is 1.27. The number of methoxy groups -OCH3 is 1. The highest BCUT2D eigenvalue weighted by atomic mass is 16.5. The first-order valence-electron chi connectivity index (χ1n) is 5.98. The number of hydrogen-bond acceptors (Lipinski definition) is 3. The lowest BCUT2D eigenvalue weighted by molar-refractivity contribution is 0.0602. The Morgan fingerprint density at radius 2 is 1.53 bits per heavy atom. The average Bonchev–Trinajstić information content (AvgIpc) is 2.63. The first kappa shape index (κ1) is 14.7. The third-order valence-corrected chi connectivity index (χ3v) is 2.54. The number of hydrogen-bond donors (Lipinski definition) is 1. The summed E-state index contributed by atoms with van der Waals surface area (Å²) in [6.07, 6.45) is 0. The van der Waals surface area contributed by atoms with Gasteiger partial charge in [-0.1, -0.05) is 44.2 Å². The Bertz CT molecular complexity index is 560. The topological polar surface area (TPSA) is 63.6 Å². The lowest BCUT2D eigenvalue weighted by Gasteiger charge is -1.98. The lowest BCUT2D eigenvalue weighted by Crippen LogP contribution is -2.00. The van der Waals surface area contributed by atoms with Gasteiger partial charge in [0.2, 0.25) is 0 Å². The fourth-order valence-electron chi connectivity index (χ4n) is 1.77. The molecule has 0 aromatic rings. The molecule has 0 unspecified atom stereocenters. The van der Waals surface area contributed by atoms with Crippen molar-refractivity contribution in [2.75, 3.05) is 7.11 Å². The van der Waals surface area contributed by atoms with Crippen LogP contribution in [0.3, 0.4) is 0 Å². The average molecular weight is 260 g/mol. The Morgan fingerprint density at radius 1 is 1.00 bits per heavy atom. The molecule has 1 N–H and O–H groups in total. The molecule has 0 amide bonds. The molecule has 0 saturated heterocycles. The number of esters is 1. The quantitative estimate of drug-likeness (QED) is 0.841. The zero-order valence-electron chi connectivity index (χ0n) is 11.1. The fourth-order valence-corrected chi connectivity index (χ4v) is 1.77. The molecular weight excluding hydrogens is 244 g/mol. The number of carboxylic acid groups (broad SMARTS) is 1. The van der Waals surface area contributed by atoms with Gasteiger partial charge in [0.15, 0.2) is 0 Å². The van der Waals surface area contributed by atoms with Crippen molar-refractivity contribution in [3.05, 3.63) is 47.5 Å². The van der Waals surface area contributed by atoms with Crippen LogP contribution >= 0.6 is 0 Å². The van der Waals surface area contributed by atoms with Crippen molar-refractivity contribution in [2.24, 2.45) is 0 Å². The summed E-state index contributed by atoms with van der Waals surface area (Å²) in [5.74, 6) is -1.59. The van der Waals surface area contributed by atoms with Gasteiger partial charge in [-0.25, -0.2) is 9.59 Å². The summed E-state index contributed by atoms with van der Waals surface area (Å²) in [6, 6.07) is 9.97. The highest BCUT2D eigenvalue weighted by Gasteiger charge is 2.23. The second kappa shape index (κ2) is 6.54. The van der Waals surface area contributed by atoms with Crippen molar-refractivity contribution >= 4 is 11.9 Å². The van der Waals surface area contributed by atoms with Crippen LogP contribution < -0.4 is 0 Å². The van der Waals surface area contributed by atoms with E-state index in [9.17, 15) is 9.59 Å². The molecule has 0 atom stereocenters. The Kier molecular flexibility index (Phi) is 5.06. The first-order chi connectivity index (χ1) is 9.15. The molecule has 4 nitrogen and oxygen atoms in total. The molecule has 4 heteroatoms. The van der Waals surface area contributed by atoms with E-state index in [1.165, 1.54) is 13.2 Å². The van der Waals surface area contributed by atoms with E-state index in [4.69, 9.17) is 5.11 Å². The smallest absolute Gasteiger partial charge is 0.338 e. The van der Waals surface area contributed by atoms with E-state index in [0.717, 1.165) is 0 Å². The molecule has 0 heterocycles. The van der Waals surface area contributed by atoms with Crippen LogP contribution in [0.5, 0.6) is 0 Å². The Balaban J connectivity index is 0.000000861. The maximum atomic E-state index is 11.6. The minimum absolute atomic E-state index is 0.108. The standard InChI is InChI=1S/C13H10O4.C2H6/c1-17-13(16)11-7-10(12(14)15)8-5-3-2-4-6-9(8)11;1-2/h2-7H,1H3,(H,14,15);1-2H3. The minimum atomic E-state index is -1.06. The number of carbonyl (C=O) groups excluding carboxylic acids is 1. The van der Waals surface area contributed by atoms with Gasteiger partial charge in [-0.3, -0.25) is 0 Å². The van der Waals surface area contributed by atoms with Crippen LogP contribution in [-0.4, -0.2) is 24.2 Å². The van der Waals surface area contributed by atoms with Crippen molar-refractivity contribution in [1.29, 1.82) is 0 Å². The van der Waals surface area contributed by atoms with Gasteiger partial charge in [0, 0.05) is 0 Å². The van der Waals surface area contributed by atoms with Gasteiger partial charge in [-0.2, -0.15) is 0 Å². The van der Waals surface area contributed by atoms with Crippen molar-refractivity contribution < 1.29 is 19.4 Å². The summed E-state index contributed by atoms with van der Waals surface area (Å²) in [5, 5.41) is 9.08. The van der Waals surface area contributed by atoms with E-state index in [0.29, 0.717) is 11.1 Å². The summed E-state index contributed by atoms with van der Waals surface area (Å²) < 4.78 is 4.64. The predicted octanol–water partition coefficient (Wildman–Crippen LogP) is 3.30. The molecule has 2 aliphatic carbocycles. The van der Waals surface area contributed by atoms with E-state index in [-0.39, 0.29) is 11.1 Å². The fraction of sp³-hybridized carbons (Fsp3) is 0.200. The summed E-state index contributed by atoms with van der Waals surface area (Å²) in [6.45, 7) is 4.00. The minimum Gasteiger partial charge on any atom is -0.478 e. The molecule has 0 aliphatic heterocycles. The van der Waals surface area contributed by atoms with Gasteiger partial charge in [0.25, 0.3) is 0 Å². The Labute approximate surface area is 112 Å². The van der Waals surface area contributed by atoms with E-state index >= 15 is 0 Å². The third-order valence-electron chi connectivity index (χ3n) is 2.54. The predicted molar refractivity (Wildman–Crippen MR) is 72.7 cm³/mol. The molecule has 2 rings (SSSR count). The molecule has 100 valence electrons. The number of aromatic carboxylic acids is 1. The number of ether oxygens (including phenoxy) is 1. The molecule has 0 aromatic heterocycles. The van der Waals surface area contributed by atoms with Crippen LogP contribution in [0.2, 0.25) is 0 Å². The number of rotatable bonds is 2. The summed E-state index contributed by atoms with van der Waals surface area (Å²) in [4.78, 5) is 22.6. The van der Waals surface area contributed by atoms with Crippen molar-refractivity contribution in [3.63, 3.8) is 0 Å². The van der Waals surface area contributed by atoms with E-state index in [1.807, 2.05) is 13.8 Å². The van der Waals surface area contributed by atoms with Crippen molar-refractivity contribution in [1.82, 2.24) is 0 Å². The van der Waals surface area contributed by atoms with Gasteiger partial charge in [0.05, 0.1) is 18.2 Å². The maximum absolute atomic E-state index is 11.6.